The summed E-state index contributed by atoms with van der Waals surface area (Å²) in [5.74, 6) is 0.479. The van der Waals surface area contributed by atoms with E-state index in [2.05, 4.69) is 15.8 Å². The molecule has 0 atom stereocenters. The molecule has 9 heteroatoms. The predicted octanol–water partition coefficient (Wildman–Crippen LogP) is 2.25. The molecule has 0 aliphatic carbocycles. The number of amides is 2. The van der Waals surface area contributed by atoms with Crippen LogP contribution in [-0.2, 0) is 4.79 Å². The highest BCUT2D eigenvalue weighted by atomic mass is 35.5. The van der Waals surface area contributed by atoms with Crippen LogP contribution in [0.25, 0.3) is 0 Å². The first-order chi connectivity index (χ1) is 13.5. The minimum Gasteiger partial charge on any atom is -0.493 e. The van der Waals surface area contributed by atoms with Crippen molar-refractivity contribution in [3.63, 3.8) is 0 Å². The van der Waals surface area contributed by atoms with Crippen molar-refractivity contribution in [3.05, 3.63) is 52.5 Å². The van der Waals surface area contributed by atoms with Crippen LogP contribution in [0.5, 0.6) is 17.2 Å². The highest BCUT2D eigenvalue weighted by molar-refractivity contribution is 6.31. The number of carbonyl (C=O) groups excluding carboxylic acids is 2. The Bertz CT molecular complexity index is 861. The van der Waals surface area contributed by atoms with Crippen LogP contribution in [0, 0.1) is 0 Å². The average molecular weight is 406 g/mol. The summed E-state index contributed by atoms with van der Waals surface area (Å²) < 4.78 is 15.7. The van der Waals surface area contributed by atoms with E-state index in [0.717, 1.165) is 0 Å². The Morgan fingerprint density at radius 3 is 2.32 bits per heavy atom. The number of nitrogens with zero attached hydrogens (tertiary/aromatic N) is 1. The molecule has 0 heterocycles. The van der Waals surface area contributed by atoms with Crippen molar-refractivity contribution in [3.8, 4) is 17.2 Å². The summed E-state index contributed by atoms with van der Waals surface area (Å²) in [5, 5.41) is 6.79. The van der Waals surface area contributed by atoms with Crippen molar-refractivity contribution in [1.82, 2.24) is 10.7 Å². The smallest absolute Gasteiger partial charge is 0.259 e. The van der Waals surface area contributed by atoms with Gasteiger partial charge in [0, 0.05) is 16.1 Å². The Balaban J connectivity index is 1.93. The first-order valence-electron chi connectivity index (χ1n) is 8.14. The third kappa shape index (κ3) is 5.62. The molecule has 2 rings (SSSR count). The quantitative estimate of drug-likeness (QED) is 0.518. The fourth-order valence-electron chi connectivity index (χ4n) is 2.29. The van der Waals surface area contributed by atoms with Gasteiger partial charge in [-0.1, -0.05) is 17.7 Å². The van der Waals surface area contributed by atoms with Crippen LogP contribution in [0.3, 0.4) is 0 Å². The van der Waals surface area contributed by atoms with Gasteiger partial charge in [-0.3, -0.25) is 9.59 Å². The second-order valence-corrected chi connectivity index (χ2v) is 5.88. The van der Waals surface area contributed by atoms with Crippen molar-refractivity contribution in [1.29, 1.82) is 0 Å². The van der Waals surface area contributed by atoms with Crippen LogP contribution < -0.4 is 25.0 Å². The van der Waals surface area contributed by atoms with Crippen LogP contribution in [-0.4, -0.2) is 45.9 Å². The lowest BCUT2D eigenvalue weighted by Gasteiger charge is -2.12. The van der Waals surface area contributed by atoms with E-state index in [1.54, 1.807) is 30.3 Å². The second kappa shape index (κ2) is 10.2. The van der Waals surface area contributed by atoms with Gasteiger partial charge in [0.2, 0.25) is 5.75 Å². The first-order valence-corrected chi connectivity index (χ1v) is 8.52. The third-order valence-corrected chi connectivity index (χ3v) is 3.82. The van der Waals surface area contributed by atoms with E-state index in [4.69, 9.17) is 25.8 Å². The van der Waals surface area contributed by atoms with E-state index in [-0.39, 0.29) is 6.54 Å². The van der Waals surface area contributed by atoms with E-state index in [1.165, 1.54) is 33.6 Å². The Morgan fingerprint density at radius 1 is 1.07 bits per heavy atom. The molecule has 0 unspecified atom stereocenters. The zero-order chi connectivity index (χ0) is 20.5. The molecular formula is C19H20ClN3O5. The maximum Gasteiger partial charge on any atom is 0.259 e. The summed E-state index contributed by atoms with van der Waals surface area (Å²) in [4.78, 5) is 23.8. The van der Waals surface area contributed by atoms with Crippen molar-refractivity contribution in [2.75, 3.05) is 27.9 Å². The number of hydrogen-bond donors (Lipinski definition) is 2. The van der Waals surface area contributed by atoms with Gasteiger partial charge < -0.3 is 19.5 Å². The third-order valence-electron chi connectivity index (χ3n) is 3.59. The highest BCUT2D eigenvalue weighted by Gasteiger charge is 2.12. The molecule has 0 bridgehead atoms. The van der Waals surface area contributed by atoms with Crippen molar-refractivity contribution < 1.29 is 23.8 Å². The summed E-state index contributed by atoms with van der Waals surface area (Å²) in [6, 6.07) is 9.77. The molecular weight excluding hydrogens is 386 g/mol. The van der Waals surface area contributed by atoms with Gasteiger partial charge in [-0.05, 0) is 30.3 Å². The van der Waals surface area contributed by atoms with Crippen molar-refractivity contribution in [2.24, 2.45) is 5.10 Å². The fraction of sp³-hybridized carbons (Fsp3) is 0.211. The summed E-state index contributed by atoms with van der Waals surface area (Å²) in [5.41, 5.74) is 3.31. The average Bonchev–Trinajstić information content (AvgIpc) is 2.71. The molecule has 148 valence electrons. The lowest BCUT2D eigenvalue weighted by molar-refractivity contribution is -0.120. The molecule has 0 aromatic heterocycles. The SMILES string of the molecule is COc1cc(C=NNC(=O)CNC(=O)c2cccc(Cl)c2)cc(OC)c1OC. The molecule has 28 heavy (non-hydrogen) atoms. The number of carbonyl (C=O) groups is 2. The van der Waals surface area contributed by atoms with E-state index in [1.807, 2.05) is 0 Å². The summed E-state index contributed by atoms with van der Waals surface area (Å²) in [6.07, 6.45) is 1.42. The van der Waals surface area contributed by atoms with Gasteiger partial charge in [-0.15, -0.1) is 0 Å². The molecule has 0 saturated carbocycles. The van der Waals surface area contributed by atoms with E-state index >= 15 is 0 Å². The zero-order valence-corrected chi connectivity index (χ0v) is 16.4. The van der Waals surface area contributed by atoms with Gasteiger partial charge >= 0.3 is 0 Å². The first kappa shape index (κ1) is 21.0. The number of hydrazone groups is 1. The standard InChI is InChI=1S/C19H20ClN3O5/c1-26-15-7-12(8-16(27-2)18(15)28-3)10-22-23-17(24)11-21-19(25)13-5-4-6-14(20)9-13/h4-10H,11H2,1-3H3,(H,21,25)(H,23,24). The lowest BCUT2D eigenvalue weighted by Crippen LogP contribution is -2.34. The predicted molar refractivity (Wildman–Crippen MR) is 106 cm³/mol. The number of ether oxygens (including phenoxy) is 3. The molecule has 0 aliphatic heterocycles. The maximum atomic E-state index is 12.0. The summed E-state index contributed by atoms with van der Waals surface area (Å²) in [6.45, 7) is -0.238. The molecule has 0 saturated heterocycles. The molecule has 2 amide bonds. The van der Waals surface area contributed by atoms with E-state index < -0.39 is 11.8 Å². The van der Waals surface area contributed by atoms with Gasteiger partial charge in [0.05, 0.1) is 34.1 Å². The largest absolute Gasteiger partial charge is 0.493 e. The van der Waals surface area contributed by atoms with Gasteiger partial charge in [-0.25, -0.2) is 5.43 Å². The fourth-order valence-corrected chi connectivity index (χ4v) is 2.48. The molecule has 0 aliphatic rings. The van der Waals surface area contributed by atoms with Gasteiger partial charge in [0.25, 0.3) is 11.8 Å². The van der Waals surface area contributed by atoms with Crippen molar-refractivity contribution in [2.45, 2.75) is 0 Å². The minimum absolute atomic E-state index is 0.238. The summed E-state index contributed by atoms with van der Waals surface area (Å²) in [7, 11) is 4.51. The number of nitrogens with one attached hydrogen (secondary N) is 2. The Labute approximate surface area is 167 Å². The summed E-state index contributed by atoms with van der Waals surface area (Å²) >= 11 is 5.84. The molecule has 0 radical (unpaired) electrons. The van der Waals surface area contributed by atoms with Gasteiger partial charge in [0.15, 0.2) is 11.5 Å². The van der Waals surface area contributed by atoms with Gasteiger partial charge in [-0.2, -0.15) is 5.10 Å². The number of benzene rings is 2. The number of methoxy groups -OCH3 is 3. The zero-order valence-electron chi connectivity index (χ0n) is 15.6. The van der Waals surface area contributed by atoms with Crippen LogP contribution in [0.4, 0.5) is 0 Å². The van der Waals surface area contributed by atoms with Crippen LogP contribution in [0.15, 0.2) is 41.5 Å². The Kier molecular flexibility index (Phi) is 7.65. The van der Waals surface area contributed by atoms with Crippen molar-refractivity contribution >= 4 is 29.6 Å². The topological polar surface area (TPSA) is 98.2 Å². The highest BCUT2D eigenvalue weighted by Crippen LogP contribution is 2.37. The Hall–Kier alpha value is -3.26. The van der Waals surface area contributed by atoms with Crippen LogP contribution >= 0.6 is 11.6 Å². The number of rotatable bonds is 8. The lowest BCUT2D eigenvalue weighted by atomic mass is 10.2. The van der Waals surface area contributed by atoms with Crippen LogP contribution in [0.1, 0.15) is 15.9 Å². The van der Waals surface area contributed by atoms with Gasteiger partial charge in [0.1, 0.15) is 0 Å². The normalized spacial score (nSPS) is 10.4. The number of halogens is 1. The van der Waals surface area contributed by atoms with Crippen LogP contribution in [0.2, 0.25) is 5.02 Å². The molecule has 2 N–H and O–H groups in total. The molecule has 2 aromatic rings. The van der Waals surface area contributed by atoms with E-state index in [0.29, 0.717) is 33.4 Å². The molecule has 8 nitrogen and oxygen atoms in total. The monoisotopic (exact) mass is 405 g/mol. The minimum atomic E-state index is -0.487. The number of hydrogen-bond acceptors (Lipinski definition) is 6. The Morgan fingerprint density at radius 2 is 1.75 bits per heavy atom. The maximum absolute atomic E-state index is 12.0. The molecule has 0 spiro atoms. The molecule has 0 fully saturated rings. The van der Waals surface area contributed by atoms with E-state index in [9.17, 15) is 9.59 Å². The second-order valence-electron chi connectivity index (χ2n) is 5.44. The molecule has 2 aromatic carbocycles.